The van der Waals surface area contributed by atoms with Crippen LogP contribution in [0.2, 0.25) is 5.02 Å². The van der Waals surface area contributed by atoms with Crippen molar-refractivity contribution >= 4 is 34.8 Å². The lowest BCUT2D eigenvalue weighted by molar-refractivity contribution is -0.120. The number of amides is 1. The third kappa shape index (κ3) is 3.80. The predicted octanol–water partition coefficient (Wildman–Crippen LogP) is 2.80. The summed E-state index contributed by atoms with van der Waals surface area (Å²) in [6.07, 6.45) is -0.0646. The Morgan fingerprint density at radius 1 is 1.45 bits per heavy atom. The van der Waals surface area contributed by atoms with Crippen molar-refractivity contribution in [3.05, 3.63) is 50.2 Å². The number of halogens is 2. The van der Waals surface area contributed by atoms with Crippen molar-refractivity contribution < 1.29 is 19.1 Å². The van der Waals surface area contributed by atoms with E-state index >= 15 is 0 Å². The molecular weight excluding hydrogens is 331 g/mol. The molecular formula is C14H12ClFN2O3S. The van der Waals surface area contributed by atoms with Crippen LogP contribution in [0.25, 0.3) is 0 Å². The number of carbonyl (C=O) groups excluding carboxylic acids is 1. The third-order valence-electron chi connectivity index (χ3n) is 2.87. The highest BCUT2D eigenvalue weighted by atomic mass is 35.5. The van der Waals surface area contributed by atoms with Gasteiger partial charge in [0.15, 0.2) is 0 Å². The van der Waals surface area contributed by atoms with E-state index in [9.17, 15) is 14.0 Å². The van der Waals surface area contributed by atoms with Gasteiger partial charge >= 0.3 is 5.97 Å². The molecule has 0 aliphatic rings. The van der Waals surface area contributed by atoms with Crippen LogP contribution in [0, 0.1) is 12.7 Å². The molecule has 0 bridgehead atoms. The van der Waals surface area contributed by atoms with Gasteiger partial charge in [0.05, 0.1) is 12.1 Å². The molecule has 2 aromatic rings. The number of aromatic carboxylic acids is 1. The number of nitrogens with one attached hydrogen (secondary N) is 1. The SMILES string of the molecule is Cc1nc(CC(=O)NCc2c(F)cccc2Cl)sc1C(=O)O. The van der Waals surface area contributed by atoms with E-state index in [1.807, 2.05) is 0 Å². The molecule has 0 aliphatic carbocycles. The summed E-state index contributed by atoms with van der Waals surface area (Å²) in [6, 6.07) is 4.28. The first-order chi connectivity index (χ1) is 10.4. The Morgan fingerprint density at radius 3 is 2.77 bits per heavy atom. The average molecular weight is 343 g/mol. The molecule has 0 unspecified atom stereocenters. The number of hydrogen-bond donors (Lipinski definition) is 2. The minimum Gasteiger partial charge on any atom is -0.477 e. The number of carboxylic acid groups (broad SMARTS) is 1. The van der Waals surface area contributed by atoms with Gasteiger partial charge in [-0.25, -0.2) is 14.2 Å². The second-order valence-electron chi connectivity index (χ2n) is 4.48. The molecule has 0 atom stereocenters. The lowest BCUT2D eigenvalue weighted by atomic mass is 10.2. The van der Waals surface area contributed by atoms with Gasteiger partial charge in [0.25, 0.3) is 0 Å². The van der Waals surface area contributed by atoms with Crippen LogP contribution in [0.3, 0.4) is 0 Å². The zero-order chi connectivity index (χ0) is 16.3. The molecule has 0 aliphatic heterocycles. The topological polar surface area (TPSA) is 79.3 Å². The molecule has 0 spiro atoms. The maximum absolute atomic E-state index is 13.6. The fourth-order valence-electron chi connectivity index (χ4n) is 1.81. The Balaban J connectivity index is 1.99. The number of benzene rings is 1. The second kappa shape index (κ2) is 6.85. The molecule has 2 rings (SSSR count). The van der Waals surface area contributed by atoms with Gasteiger partial charge in [-0.3, -0.25) is 4.79 Å². The minimum absolute atomic E-state index is 0.0412. The van der Waals surface area contributed by atoms with Gasteiger partial charge in [-0.15, -0.1) is 11.3 Å². The molecule has 1 aromatic carbocycles. The highest BCUT2D eigenvalue weighted by Crippen LogP contribution is 2.20. The lowest BCUT2D eigenvalue weighted by Gasteiger charge is -2.07. The standard InChI is InChI=1S/C14H12ClFN2O3S/c1-7-13(14(20)21)22-12(18-7)5-11(19)17-6-8-9(15)3-2-4-10(8)16/h2-4H,5-6H2,1H3,(H,17,19)(H,20,21). The van der Waals surface area contributed by atoms with Gasteiger partial charge in [-0.2, -0.15) is 0 Å². The van der Waals surface area contributed by atoms with Crippen LogP contribution in [0.4, 0.5) is 4.39 Å². The summed E-state index contributed by atoms with van der Waals surface area (Å²) in [6.45, 7) is 1.53. The predicted molar refractivity (Wildman–Crippen MR) is 80.8 cm³/mol. The van der Waals surface area contributed by atoms with E-state index in [0.717, 1.165) is 11.3 Å². The number of hydrogen-bond acceptors (Lipinski definition) is 4. The van der Waals surface area contributed by atoms with Gasteiger partial charge in [0, 0.05) is 17.1 Å². The maximum Gasteiger partial charge on any atom is 0.347 e. The van der Waals surface area contributed by atoms with Crippen molar-refractivity contribution in [1.29, 1.82) is 0 Å². The van der Waals surface area contributed by atoms with Gasteiger partial charge in [-0.05, 0) is 19.1 Å². The smallest absolute Gasteiger partial charge is 0.347 e. The van der Waals surface area contributed by atoms with Crippen molar-refractivity contribution in [2.24, 2.45) is 0 Å². The number of aryl methyl sites for hydroxylation is 1. The molecule has 0 saturated heterocycles. The number of thiazole rings is 1. The Labute approximate surface area is 134 Å². The largest absolute Gasteiger partial charge is 0.477 e. The van der Waals surface area contributed by atoms with Gasteiger partial charge in [-0.1, -0.05) is 17.7 Å². The van der Waals surface area contributed by atoms with Crippen LogP contribution in [0.5, 0.6) is 0 Å². The Bertz CT molecular complexity index is 713. The number of carboxylic acids is 1. The summed E-state index contributed by atoms with van der Waals surface area (Å²) in [5, 5.41) is 12.1. The van der Waals surface area contributed by atoms with E-state index in [1.165, 1.54) is 18.2 Å². The first-order valence-electron chi connectivity index (χ1n) is 6.27. The summed E-state index contributed by atoms with van der Waals surface area (Å²) in [7, 11) is 0. The van der Waals surface area contributed by atoms with Gasteiger partial charge in [0.1, 0.15) is 15.7 Å². The average Bonchev–Trinajstić information content (AvgIpc) is 2.79. The number of aromatic nitrogens is 1. The molecule has 116 valence electrons. The van der Waals surface area contributed by atoms with Gasteiger partial charge in [0.2, 0.25) is 5.91 Å². The van der Waals surface area contributed by atoms with E-state index in [0.29, 0.717) is 10.7 Å². The molecule has 1 amide bonds. The normalized spacial score (nSPS) is 10.5. The molecule has 0 saturated carbocycles. The maximum atomic E-state index is 13.6. The number of rotatable bonds is 5. The lowest BCUT2D eigenvalue weighted by Crippen LogP contribution is -2.25. The molecule has 1 heterocycles. The first kappa shape index (κ1) is 16.4. The zero-order valence-electron chi connectivity index (χ0n) is 11.5. The monoisotopic (exact) mass is 342 g/mol. The number of carbonyl (C=O) groups is 2. The summed E-state index contributed by atoms with van der Waals surface area (Å²) in [5.41, 5.74) is 0.580. The fraction of sp³-hybridized carbons (Fsp3) is 0.214. The van der Waals surface area contributed by atoms with Crippen molar-refractivity contribution in [1.82, 2.24) is 10.3 Å². The quantitative estimate of drug-likeness (QED) is 0.875. The van der Waals surface area contributed by atoms with Crippen LogP contribution in [0.15, 0.2) is 18.2 Å². The summed E-state index contributed by atoms with van der Waals surface area (Å²) < 4.78 is 13.6. The highest BCUT2D eigenvalue weighted by molar-refractivity contribution is 7.13. The molecule has 8 heteroatoms. The summed E-state index contributed by atoms with van der Waals surface area (Å²) >= 11 is 6.82. The van der Waals surface area contributed by atoms with Gasteiger partial charge < -0.3 is 10.4 Å². The second-order valence-corrected chi connectivity index (χ2v) is 5.97. The molecule has 0 radical (unpaired) electrons. The molecule has 5 nitrogen and oxygen atoms in total. The van der Waals surface area contributed by atoms with Crippen LogP contribution in [0.1, 0.15) is 25.9 Å². The van der Waals surface area contributed by atoms with Crippen LogP contribution in [-0.2, 0) is 17.8 Å². The molecule has 22 heavy (non-hydrogen) atoms. The zero-order valence-corrected chi connectivity index (χ0v) is 13.1. The van der Waals surface area contributed by atoms with Crippen LogP contribution >= 0.6 is 22.9 Å². The third-order valence-corrected chi connectivity index (χ3v) is 4.37. The highest BCUT2D eigenvalue weighted by Gasteiger charge is 2.16. The van der Waals surface area contributed by atoms with E-state index in [-0.39, 0.29) is 34.3 Å². The number of nitrogens with zero attached hydrogens (tertiary/aromatic N) is 1. The molecule has 0 fully saturated rings. The van der Waals surface area contributed by atoms with Crippen LogP contribution < -0.4 is 5.32 Å². The van der Waals surface area contributed by atoms with Crippen molar-refractivity contribution in [2.75, 3.05) is 0 Å². The van der Waals surface area contributed by atoms with E-state index in [1.54, 1.807) is 6.92 Å². The Morgan fingerprint density at radius 2 is 2.18 bits per heavy atom. The van der Waals surface area contributed by atoms with E-state index < -0.39 is 11.8 Å². The molecule has 2 N–H and O–H groups in total. The first-order valence-corrected chi connectivity index (χ1v) is 7.47. The Kier molecular flexibility index (Phi) is 5.10. The Hall–Kier alpha value is -1.99. The van der Waals surface area contributed by atoms with Crippen LogP contribution in [-0.4, -0.2) is 22.0 Å². The van der Waals surface area contributed by atoms with E-state index in [4.69, 9.17) is 16.7 Å². The van der Waals surface area contributed by atoms with Crippen molar-refractivity contribution in [3.63, 3.8) is 0 Å². The van der Waals surface area contributed by atoms with Crippen molar-refractivity contribution in [2.45, 2.75) is 19.9 Å². The van der Waals surface area contributed by atoms with E-state index in [2.05, 4.69) is 10.3 Å². The molecule has 1 aromatic heterocycles. The van der Waals surface area contributed by atoms with Crippen molar-refractivity contribution in [3.8, 4) is 0 Å². The summed E-state index contributed by atoms with van der Waals surface area (Å²) in [5.74, 6) is -1.95. The summed E-state index contributed by atoms with van der Waals surface area (Å²) in [4.78, 5) is 26.9. The minimum atomic E-state index is -1.07. The fourth-order valence-corrected chi connectivity index (χ4v) is 2.95.